The van der Waals surface area contributed by atoms with E-state index in [0.29, 0.717) is 21.9 Å². The Balaban J connectivity index is 1.47. The van der Waals surface area contributed by atoms with E-state index >= 15 is 0 Å². The highest BCUT2D eigenvalue weighted by atomic mass is 32.2. The zero-order valence-corrected chi connectivity index (χ0v) is 17.0. The fourth-order valence-electron chi connectivity index (χ4n) is 2.68. The first-order chi connectivity index (χ1) is 14.1. The van der Waals surface area contributed by atoms with Crippen LogP contribution in [0.15, 0.2) is 65.1 Å². The van der Waals surface area contributed by atoms with Gasteiger partial charge in [0.2, 0.25) is 11.1 Å². The lowest BCUT2D eigenvalue weighted by Crippen LogP contribution is -2.23. The number of rotatable bonds is 6. The summed E-state index contributed by atoms with van der Waals surface area (Å²) in [6.07, 6.45) is 0. The second kappa shape index (κ2) is 8.54. The Kier molecular flexibility index (Phi) is 5.68. The molecule has 0 radical (unpaired) electrons. The van der Waals surface area contributed by atoms with Gasteiger partial charge >= 0.3 is 0 Å². The Hall–Kier alpha value is -3.04. The van der Waals surface area contributed by atoms with Gasteiger partial charge in [-0.25, -0.2) is 14.4 Å². The van der Waals surface area contributed by atoms with Crippen LogP contribution in [0.5, 0.6) is 0 Å². The van der Waals surface area contributed by atoms with Crippen molar-refractivity contribution >= 4 is 39.8 Å². The number of nitrogens with one attached hydrogen (secondary N) is 1. The van der Waals surface area contributed by atoms with Crippen molar-refractivity contribution in [3.05, 3.63) is 71.5 Å². The average Bonchev–Trinajstić information content (AvgIpc) is 3.38. The molecule has 0 aliphatic carbocycles. The summed E-state index contributed by atoms with van der Waals surface area (Å²) in [5.74, 6) is 0.466. The molecule has 0 aliphatic heterocycles. The van der Waals surface area contributed by atoms with Crippen LogP contribution in [0.1, 0.15) is 12.6 Å². The summed E-state index contributed by atoms with van der Waals surface area (Å²) < 4.78 is 14.2. The first-order valence-corrected chi connectivity index (χ1v) is 10.6. The van der Waals surface area contributed by atoms with Gasteiger partial charge in [-0.15, -0.1) is 16.4 Å². The molecule has 0 fully saturated rings. The van der Waals surface area contributed by atoms with Crippen molar-refractivity contribution in [2.24, 2.45) is 0 Å². The predicted octanol–water partition coefficient (Wildman–Crippen LogP) is 5.04. The second-order valence-electron chi connectivity index (χ2n) is 6.05. The fourth-order valence-corrected chi connectivity index (χ4v) is 4.36. The van der Waals surface area contributed by atoms with Crippen LogP contribution < -0.4 is 4.90 Å². The van der Waals surface area contributed by atoms with Crippen LogP contribution in [0.3, 0.4) is 0 Å². The van der Waals surface area contributed by atoms with Crippen LogP contribution in [0.2, 0.25) is 0 Å². The van der Waals surface area contributed by atoms with E-state index in [0.717, 1.165) is 11.3 Å². The molecule has 9 heteroatoms. The van der Waals surface area contributed by atoms with Crippen molar-refractivity contribution in [3.8, 4) is 11.4 Å². The zero-order valence-electron chi connectivity index (χ0n) is 15.4. The lowest BCUT2D eigenvalue weighted by Gasteiger charge is -2.18. The van der Waals surface area contributed by atoms with Gasteiger partial charge in [-0.3, -0.25) is 14.8 Å². The van der Waals surface area contributed by atoms with Gasteiger partial charge in [0.05, 0.1) is 11.4 Å². The van der Waals surface area contributed by atoms with E-state index < -0.39 is 5.82 Å². The molecule has 0 atom stereocenters. The molecule has 0 saturated heterocycles. The number of nitrogens with zero attached hydrogens (tertiary/aromatic N) is 4. The third-order valence-corrected chi connectivity index (χ3v) is 5.76. The lowest BCUT2D eigenvalue weighted by molar-refractivity contribution is -0.115. The molecule has 1 N–H and O–H groups in total. The van der Waals surface area contributed by atoms with Gasteiger partial charge in [0.15, 0.2) is 11.0 Å². The summed E-state index contributed by atoms with van der Waals surface area (Å²) in [5, 5.41) is 10.0. The van der Waals surface area contributed by atoms with Gasteiger partial charge < -0.3 is 0 Å². The van der Waals surface area contributed by atoms with Crippen LogP contribution in [-0.2, 0) is 10.5 Å². The van der Waals surface area contributed by atoms with Crippen molar-refractivity contribution in [2.75, 3.05) is 4.90 Å². The molecule has 0 unspecified atom stereocenters. The van der Waals surface area contributed by atoms with Crippen LogP contribution in [0.25, 0.3) is 11.4 Å². The Labute approximate surface area is 174 Å². The third-order valence-electron chi connectivity index (χ3n) is 4.00. The number of H-pyrrole nitrogens is 1. The van der Waals surface area contributed by atoms with Gasteiger partial charge in [-0.2, -0.15) is 0 Å². The molecule has 4 rings (SSSR count). The maximum Gasteiger partial charge on any atom is 0.230 e. The number of benzene rings is 2. The molecular weight excluding hydrogens is 409 g/mol. The number of para-hydroxylation sites is 1. The second-order valence-corrected chi connectivity index (χ2v) is 7.83. The summed E-state index contributed by atoms with van der Waals surface area (Å²) in [7, 11) is 0. The topological polar surface area (TPSA) is 74.8 Å². The van der Waals surface area contributed by atoms with Crippen LogP contribution in [0, 0.1) is 5.82 Å². The molecule has 146 valence electrons. The molecule has 6 nitrogen and oxygen atoms in total. The normalized spacial score (nSPS) is 10.8. The van der Waals surface area contributed by atoms with Gasteiger partial charge in [0, 0.05) is 23.6 Å². The van der Waals surface area contributed by atoms with Crippen LogP contribution in [-0.4, -0.2) is 26.1 Å². The minimum absolute atomic E-state index is 0.190. The van der Waals surface area contributed by atoms with Crippen LogP contribution in [0.4, 0.5) is 15.2 Å². The molecule has 0 spiro atoms. The number of aromatic amines is 1. The summed E-state index contributed by atoms with van der Waals surface area (Å²) in [4.78, 5) is 22.4. The van der Waals surface area contributed by atoms with Gasteiger partial charge in [0.1, 0.15) is 5.82 Å². The Morgan fingerprint density at radius 1 is 1.14 bits per heavy atom. The summed E-state index contributed by atoms with van der Waals surface area (Å²) >= 11 is 2.73. The number of carbonyl (C=O) groups excluding carboxylic acids is 1. The van der Waals surface area contributed by atoms with Crippen molar-refractivity contribution in [2.45, 2.75) is 17.8 Å². The van der Waals surface area contributed by atoms with Gasteiger partial charge in [-0.05, 0) is 12.1 Å². The van der Waals surface area contributed by atoms with E-state index in [1.54, 1.807) is 18.2 Å². The van der Waals surface area contributed by atoms with Crippen molar-refractivity contribution in [3.63, 3.8) is 0 Å². The van der Waals surface area contributed by atoms with E-state index in [9.17, 15) is 9.18 Å². The number of thiazole rings is 1. The summed E-state index contributed by atoms with van der Waals surface area (Å²) in [5.41, 5.74) is 1.92. The summed E-state index contributed by atoms with van der Waals surface area (Å²) in [6.45, 7) is 1.39. The molecule has 2 aromatic carbocycles. The maximum atomic E-state index is 14.2. The van der Waals surface area contributed by atoms with Gasteiger partial charge in [0.25, 0.3) is 0 Å². The zero-order chi connectivity index (χ0) is 20.2. The first-order valence-electron chi connectivity index (χ1n) is 8.72. The van der Waals surface area contributed by atoms with E-state index in [1.807, 2.05) is 35.7 Å². The monoisotopic (exact) mass is 425 g/mol. The standard InChI is InChI=1S/C20H16FN5OS2/c1-13(27)26(17-10-6-5-9-16(17)21)20-22-15(12-29-20)11-28-19-23-18(24-25-19)14-7-3-2-4-8-14/h2-10,12H,11H2,1H3,(H,23,24,25). The fraction of sp³-hybridized carbons (Fsp3) is 0.100. The van der Waals surface area contributed by atoms with E-state index in [4.69, 9.17) is 0 Å². The van der Waals surface area contributed by atoms with E-state index in [-0.39, 0.29) is 11.6 Å². The lowest BCUT2D eigenvalue weighted by atomic mass is 10.2. The predicted molar refractivity (Wildman–Crippen MR) is 113 cm³/mol. The Bertz CT molecular complexity index is 1130. The number of halogens is 1. The number of amides is 1. The van der Waals surface area contributed by atoms with E-state index in [1.165, 1.54) is 41.0 Å². The Morgan fingerprint density at radius 2 is 1.90 bits per heavy atom. The number of aromatic nitrogens is 4. The minimum atomic E-state index is -0.469. The number of thioether (sulfide) groups is 1. The van der Waals surface area contributed by atoms with Crippen LogP contribution >= 0.6 is 23.1 Å². The van der Waals surface area contributed by atoms with Crippen molar-refractivity contribution in [1.82, 2.24) is 20.2 Å². The number of hydrogen-bond donors (Lipinski definition) is 1. The quantitative estimate of drug-likeness (QED) is 0.438. The van der Waals surface area contributed by atoms with Crippen molar-refractivity contribution in [1.29, 1.82) is 0 Å². The molecular formula is C20H16FN5OS2. The maximum absolute atomic E-state index is 14.2. The largest absolute Gasteiger partial charge is 0.274 e. The smallest absolute Gasteiger partial charge is 0.230 e. The molecule has 0 saturated carbocycles. The highest BCUT2D eigenvalue weighted by Gasteiger charge is 2.21. The highest BCUT2D eigenvalue weighted by molar-refractivity contribution is 7.98. The first kappa shape index (κ1) is 19.3. The molecule has 2 aromatic heterocycles. The minimum Gasteiger partial charge on any atom is -0.274 e. The Morgan fingerprint density at radius 3 is 2.66 bits per heavy atom. The van der Waals surface area contributed by atoms with Crippen molar-refractivity contribution < 1.29 is 9.18 Å². The SMILES string of the molecule is CC(=O)N(c1nc(CSc2n[nH]c(-c3ccccc3)n2)cs1)c1ccccc1F. The average molecular weight is 426 g/mol. The summed E-state index contributed by atoms with van der Waals surface area (Å²) in [6, 6.07) is 15.9. The number of hydrogen-bond acceptors (Lipinski definition) is 6. The molecule has 0 bridgehead atoms. The van der Waals surface area contributed by atoms with E-state index in [2.05, 4.69) is 20.2 Å². The molecule has 29 heavy (non-hydrogen) atoms. The molecule has 1 amide bonds. The van der Waals surface area contributed by atoms with Gasteiger partial charge in [-0.1, -0.05) is 54.2 Å². The number of carbonyl (C=O) groups is 1. The molecule has 4 aromatic rings. The highest BCUT2D eigenvalue weighted by Crippen LogP contribution is 2.32. The molecule has 2 heterocycles. The molecule has 0 aliphatic rings. The third kappa shape index (κ3) is 4.36. The number of anilines is 2.